The summed E-state index contributed by atoms with van der Waals surface area (Å²) in [5.74, 6) is 0.860. The molecule has 0 bridgehead atoms. The Morgan fingerprint density at radius 1 is 1.16 bits per heavy atom. The molecule has 0 atom stereocenters. The van der Waals surface area contributed by atoms with Crippen LogP contribution in [-0.4, -0.2) is 0 Å². The number of nitrogens with zero attached hydrogens (tertiary/aromatic N) is 1. The van der Waals surface area contributed by atoms with Crippen molar-refractivity contribution in [1.29, 1.82) is 5.26 Å². The van der Waals surface area contributed by atoms with Crippen LogP contribution in [0.4, 0.5) is 0 Å². The SMILES string of the molecule is N#CCc1cccc2c(=O)cc(-c3ccco3)oc12. The van der Waals surface area contributed by atoms with Gasteiger partial charge in [-0.25, -0.2) is 0 Å². The van der Waals surface area contributed by atoms with Crippen molar-refractivity contribution in [3.63, 3.8) is 0 Å². The molecule has 0 spiro atoms. The topological polar surface area (TPSA) is 67.1 Å². The quantitative estimate of drug-likeness (QED) is 0.701. The summed E-state index contributed by atoms with van der Waals surface area (Å²) in [6.07, 6.45) is 1.71. The number of furan rings is 1. The second-order valence-electron chi connectivity index (χ2n) is 4.08. The lowest BCUT2D eigenvalue weighted by Crippen LogP contribution is -2.01. The summed E-state index contributed by atoms with van der Waals surface area (Å²) in [5, 5.41) is 9.29. The van der Waals surface area contributed by atoms with E-state index in [9.17, 15) is 4.79 Å². The molecule has 0 aliphatic heterocycles. The first-order valence-electron chi connectivity index (χ1n) is 5.76. The maximum absolute atomic E-state index is 12.1. The first-order valence-corrected chi connectivity index (χ1v) is 5.76. The van der Waals surface area contributed by atoms with Gasteiger partial charge in [-0.15, -0.1) is 0 Å². The average Bonchev–Trinajstić information content (AvgIpc) is 2.94. The Hall–Kier alpha value is -2.80. The van der Waals surface area contributed by atoms with Crippen molar-refractivity contribution >= 4 is 11.0 Å². The minimum absolute atomic E-state index is 0.146. The van der Waals surface area contributed by atoms with Gasteiger partial charge < -0.3 is 8.83 Å². The zero-order valence-corrected chi connectivity index (χ0v) is 9.92. The van der Waals surface area contributed by atoms with Crippen molar-refractivity contribution in [3.05, 3.63) is 58.4 Å². The Morgan fingerprint density at radius 3 is 2.79 bits per heavy atom. The molecule has 19 heavy (non-hydrogen) atoms. The Bertz CT molecular complexity index is 823. The second-order valence-corrected chi connectivity index (χ2v) is 4.08. The summed E-state index contributed by atoms with van der Waals surface area (Å²) >= 11 is 0. The van der Waals surface area contributed by atoms with Gasteiger partial charge in [-0.2, -0.15) is 5.26 Å². The monoisotopic (exact) mass is 251 g/mol. The number of benzene rings is 1. The van der Waals surface area contributed by atoms with E-state index in [1.54, 1.807) is 30.3 Å². The van der Waals surface area contributed by atoms with Gasteiger partial charge in [0.2, 0.25) is 0 Å². The third kappa shape index (κ3) is 1.91. The van der Waals surface area contributed by atoms with Gasteiger partial charge >= 0.3 is 0 Å². The van der Waals surface area contributed by atoms with Crippen LogP contribution in [0.25, 0.3) is 22.5 Å². The largest absolute Gasteiger partial charge is 0.461 e. The lowest BCUT2D eigenvalue weighted by molar-refractivity contribution is 0.536. The van der Waals surface area contributed by atoms with Crippen LogP contribution in [0.1, 0.15) is 5.56 Å². The third-order valence-electron chi connectivity index (χ3n) is 2.87. The minimum Gasteiger partial charge on any atom is -0.461 e. The number of fused-ring (bicyclic) bond motifs is 1. The maximum atomic E-state index is 12.1. The molecule has 4 heteroatoms. The third-order valence-corrected chi connectivity index (χ3v) is 2.87. The second kappa shape index (κ2) is 4.46. The first-order chi connectivity index (χ1) is 9.29. The fourth-order valence-electron chi connectivity index (χ4n) is 2.00. The smallest absolute Gasteiger partial charge is 0.193 e. The van der Waals surface area contributed by atoms with Crippen LogP contribution < -0.4 is 5.43 Å². The van der Waals surface area contributed by atoms with Gasteiger partial charge in [0.25, 0.3) is 0 Å². The van der Waals surface area contributed by atoms with Crippen LogP contribution in [0.5, 0.6) is 0 Å². The summed E-state index contributed by atoms with van der Waals surface area (Å²) in [7, 11) is 0. The molecule has 3 aromatic rings. The lowest BCUT2D eigenvalue weighted by Gasteiger charge is -2.03. The normalized spacial score (nSPS) is 10.5. The summed E-state index contributed by atoms with van der Waals surface area (Å²) in [6.45, 7) is 0. The minimum atomic E-state index is -0.146. The van der Waals surface area contributed by atoms with Gasteiger partial charge in [-0.3, -0.25) is 4.79 Å². The molecule has 3 rings (SSSR count). The lowest BCUT2D eigenvalue weighted by atomic mass is 10.1. The summed E-state index contributed by atoms with van der Waals surface area (Å²) < 4.78 is 11.0. The highest BCUT2D eigenvalue weighted by Crippen LogP contribution is 2.24. The van der Waals surface area contributed by atoms with Crippen molar-refractivity contribution in [2.75, 3.05) is 0 Å². The van der Waals surface area contributed by atoms with Gasteiger partial charge in [-0.05, 0) is 18.2 Å². The van der Waals surface area contributed by atoms with E-state index in [4.69, 9.17) is 14.1 Å². The fraction of sp³-hybridized carbons (Fsp3) is 0.0667. The zero-order chi connectivity index (χ0) is 13.2. The van der Waals surface area contributed by atoms with E-state index in [-0.39, 0.29) is 11.8 Å². The van der Waals surface area contributed by atoms with Crippen LogP contribution in [-0.2, 0) is 6.42 Å². The molecule has 0 fully saturated rings. The zero-order valence-electron chi connectivity index (χ0n) is 9.92. The van der Waals surface area contributed by atoms with Gasteiger partial charge in [-0.1, -0.05) is 12.1 Å². The Balaban J connectivity index is 2.32. The van der Waals surface area contributed by atoms with Gasteiger partial charge in [0.05, 0.1) is 24.1 Å². The van der Waals surface area contributed by atoms with E-state index in [0.717, 1.165) is 0 Å². The van der Waals surface area contributed by atoms with Crippen molar-refractivity contribution in [3.8, 4) is 17.6 Å². The Morgan fingerprint density at radius 2 is 2.05 bits per heavy atom. The molecule has 0 aliphatic rings. The van der Waals surface area contributed by atoms with Crippen LogP contribution in [0.2, 0.25) is 0 Å². The highest BCUT2D eigenvalue weighted by Gasteiger charge is 2.11. The molecule has 0 N–H and O–H groups in total. The predicted molar refractivity (Wildman–Crippen MR) is 69.5 cm³/mol. The Labute approximate surface area is 108 Å². The summed E-state index contributed by atoms with van der Waals surface area (Å²) in [6, 6.07) is 12.1. The predicted octanol–water partition coefficient (Wildman–Crippen LogP) is 3.12. The molecule has 0 radical (unpaired) electrons. The molecule has 1 aromatic carbocycles. The highest BCUT2D eigenvalue weighted by atomic mass is 16.4. The molecule has 0 saturated carbocycles. The van der Waals surface area contributed by atoms with Gasteiger partial charge in [0.1, 0.15) is 5.58 Å². The number of para-hydroxylation sites is 1. The molecule has 0 aliphatic carbocycles. The van der Waals surface area contributed by atoms with Gasteiger partial charge in [0.15, 0.2) is 16.9 Å². The highest BCUT2D eigenvalue weighted by molar-refractivity contribution is 5.81. The molecule has 2 heterocycles. The van der Waals surface area contributed by atoms with E-state index >= 15 is 0 Å². The van der Waals surface area contributed by atoms with Crippen LogP contribution in [0.15, 0.2) is 56.3 Å². The molecular formula is C15H9NO3. The van der Waals surface area contributed by atoms with Gasteiger partial charge in [0, 0.05) is 11.6 Å². The first kappa shape index (κ1) is 11.3. The van der Waals surface area contributed by atoms with Crippen molar-refractivity contribution in [1.82, 2.24) is 0 Å². The van der Waals surface area contributed by atoms with E-state index in [2.05, 4.69) is 6.07 Å². The average molecular weight is 251 g/mol. The van der Waals surface area contributed by atoms with Crippen molar-refractivity contribution < 1.29 is 8.83 Å². The van der Waals surface area contributed by atoms with E-state index in [1.807, 2.05) is 0 Å². The maximum Gasteiger partial charge on any atom is 0.193 e. The molecule has 4 nitrogen and oxygen atoms in total. The standard InChI is InChI=1S/C15H9NO3/c16-7-6-10-3-1-4-11-12(17)9-14(19-15(10)11)13-5-2-8-18-13/h1-5,8-9H,6H2. The van der Waals surface area contributed by atoms with Crippen molar-refractivity contribution in [2.24, 2.45) is 0 Å². The summed E-state index contributed by atoms with van der Waals surface area (Å²) in [5.41, 5.74) is 1.00. The number of nitriles is 1. The number of hydrogen-bond acceptors (Lipinski definition) is 4. The van der Waals surface area contributed by atoms with E-state index in [1.165, 1.54) is 12.3 Å². The van der Waals surface area contributed by atoms with Crippen LogP contribution in [0.3, 0.4) is 0 Å². The van der Waals surface area contributed by atoms with E-state index in [0.29, 0.717) is 28.1 Å². The Kier molecular flexibility index (Phi) is 2.66. The fourth-order valence-corrected chi connectivity index (χ4v) is 2.00. The van der Waals surface area contributed by atoms with Crippen LogP contribution >= 0.6 is 0 Å². The summed E-state index contributed by atoms with van der Waals surface area (Å²) in [4.78, 5) is 12.1. The number of hydrogen-bond donors (Lipinski definition) is 0. The number of rotatable bonds is 2. The van der Waals surface area contributed by atoms with Crippen LogP contribution in [0, 0.1) is 11.3 Å². The molecular weight excluding hydrogens is 242 g/mol. The molecule has 0 amide bonds. The van der Waals surface area contributed by atoms with Crippen molar-refractivity contribution in [2.45, 2.75) is 6.42 Å². The van der Waals surface area contributed by atoms with E-state index < -0.39 is 0 Å². The molecule has 0 saturated heterocycles. The molecule has 2 aromatic heterocycles. The molecule has 0 unspecified atom stereocenters. The molecule has 92 valence electrons.